The minimum absolute atomic E-state index is 0.108. The molecule has 0 aliphatic carbocycles. The number of aromatic nitrogens is 1. The molecule has 186 valence electrons. The Morgan fingerprint density at radius 3 is 2.59 bits per heavy atom. The summed E-state index contributed by atoms with van der Waals surface area (Å²) in [6.45, 7) is 0.381. The van der Waals surface area contributed by atoms with Gasteiger partial charge in [0.15, 0.2) is 11.5 Å². The molecule has 4 amide bonds. The van der Waals surface area contributed by atoms with Crippen LogP contribution in [-0.4, -0.2) is 71.5 Å². The van der Waals surface area contributed by atoms with Crippen LogP contribution in [-0.2, 0) is 16.0 Å². The second-order valence-electron chi connectivity index (χ2n) is 9.33. The minimum atomic E-state index is -0.741. The Labute approximate surface area is 212 Å². The lowest BCUT2D eigenvalue weighted by Gasteiger charge is -2.35. The molecule has 0 radical (unpaired) electrons. The van der Waals surface area contributed by atoms with Crippen molar-refractivity contribution in [3.05, 3.63) is 59.9 Å². The zero-order chi connectivity index (χ0) is 25.8. The predicted octanol–water partition coefficient (Wildman–Crippen LogP) is 2.49. The minimum Gasteiger partial charge on any atom is -0.493 e. The molecule has 6 rings (SSSR count). The Morgan fingerprint density at radius 2 is 1.86 bits per heavy atom. The molecule has 1 aromatic heterocycles. The number of carbonyl (C=O) groups is 3. The van der Waals surface area contributed by atoms with E-state index in [0.717, 1.165) is 10.5 Å². The first-order valence-electron chi connectivity index (χ1n) is 11.9. The van der Waals surface area contributed by atoms with Crippen LogP contribution in [0.3, 0.4) is 0 Å². The molecule has 3 atom stereocenters. The van der Waals surface area contributed by atoms with E-state index in [1.807, 2.05) is 6.07 Å². The summed E-state index contributed by atoms with van der Waals surface area (Å²) in [7, 11) is 3.09. The number of benzene rings is 2. The second kappa shape index (κ2) is 8.48. The van der Waals surface area contributed by atoms with E-state index in [9.17, 15) is 19.6 Å². The molecule has 3 aliphatic heterocycles. The number of piperazine rings is 1. The van der Waals surface area contributed by atoms with Gasteiger partial charge in [0.1, 0.15) is 17.8 Å². The Kier molecular flexibility index (Phi) is 5.22. The summed E-state index contributed by atoms with van der Waals surface area (Å²) in [6.07, 6.45) is 2.12. The normalized spacial score (nSPS) is 22.0. The average molecular weight is 498 g/mol. The van der Waals surface area contributed by atoms with Gasteiger partial charge in [-0.3, -0.25) is 9.59 Å². The summed E-state index contributed by atoms with van der Waals surface area (Å²) in [6, 6.07) is 12.7. The van der Waals surface area contributed by atoms with Gasteiger partial charge < -0.3 is 19.3 Å². The second-order valence-corrected chi connectivity index (χ2v) is 9.33. The largest absolute Gasteiger partial charge is 0.493 e. The number of likely N-dealkylation sites (tertiary alicyclic amines) is 1. The van der Waals surface area contributed by atoms with Gasteiger partial charge >= 0.3 is 6.03 Å². The molecule has 3 aromatic rings. The van der Waals surface area contributed by atoms with Crippen LogP contribution in [0, 0.1) is 11.3 Å². The number of urea groups is 1. The highest BCUT2D eigenvalue weighted by molar-refractivity contribution is 6.25. The number of hydrogen-bond acceptors (Lipinski definition) is 7. The maximum absolute atomic E-state index is 13.7. The summed E-state index contributed by atoms with van der Waals surface area (Å²) < 4.78 is 10.6. The highest BCUT2D eigenvalue weighted by Gasteiger charge is 2.63. The van der Waals surface area contributed by atoms with Crippen molar-refractivity contribution in [2.75, 3.05) is 25.7 Å². The van der Waals surface area contributed by atoms with Crippen LogP contribution in [0.15, 0.2) is 48.7 Å². The topological polar surface area (TPSA) is 116 Å². The molecule has 2 aromatic carbocycles. The van der Waals surface area contributed by atoms with Crippen molar-refractivity contribution < 1.29 is 23.9 Å². The van der Waals surface area contributed by atoms with Crippen molar-refractivity contribution in [2.45, 2.75) is 31.0 Å². The number of nitriles is 1. The highest BCUT2D eigenvalue weighted by Crippen LogP contribution is 2.43. The molecule has 3 saturated heterocycles. The smallest absolute Gasteiger partial charge is 0.332 e. The Hall–Kier alpha value is -4.65. The molecule has 37 heavy (non-hydrogen) atoms. The van der Waals surface area contributed by atoms with Crippen molar-refractivity contribution in [3.63, 3.8) is 0 Å². The number of fused-ring (bicyclic) bond motifs is 6. The van der Waals surface area contributed by atoms with E-state index < -0.39 is 18.1 Å². The first kappa shape index (κ1) is 22.8. The first-order valence-corrected chi connectivity index (χ1v) is 11.9. The standard InChI is InChI=1S/C27H23N5O5/c1-36-22-8-7-15(9-23(22)37-2)10-24(33)30-14-16-11-20(30)25-26(34)32(27(35)31(16)25)21-13-29-19(12-28)17-5-3-4-6-18(17)21/h3-9,13,16,20,25H,10-11,14H2,1-2H3/t16-,20-,25+/m0/s1. The van der Waals surface area contributed by atoms with Gasteiger partial charge in [0.05, 0.1) is 44.6 Å². The maximum Gasteiger partial charge on any atom is 0.332 e. The summed E-state index contributed by atoms with van der Waals surface area (Å²) in [5.74, 6) is 0.633. The number of carbonyl (C=O) groups excluding carboxylic acids is 3. The van der Waals surface area contributed by atoms with Gasteiger partial charge in [-0.15, -0.1) is 0 Å². The van der Waals surface area contributed by atoms with E-state index in [1.54, 1.807) is 60.4 Å². The van der Waals surface area contributed by atoms with Gasteiger partial charge in [0, 0.05) is 17.3 Å². The van der Waals surface area contributed by atoms with Gasteiger partial charge in [-0.2, -0.15) is 5.26 Å². The molecule has 3 fully saturated rings. The number of ether oxygens (including phenoxy) is 2. The van der Waals surface area contributed by atoms with Gasteiger partial charge in [0.2, 0.25) is 5.91 Å². The molecule has 3 aliphatic rings. The van der Waals surface area contributed by atoms with Crippen molar-refractivity contribution in [2.24, 2.45) is 0 Å². The van der Waals surface area contributed by atoms with Crippen LogP contribution in [0.1, 0.15) is 17.7 Å². The molecule has 10 heteroatoms. The van der Waals surface area contributed by atoms with Gasteiger partial charge in [-0.25, -0.2) is 14.7 Å². The molecule has 0 spiro atoms. The lowest BCUT2D eigenvalue weighted by molar-refractivity contribution is -0.135. The number of rotatable bonds is 5. The summed E-state index contributed by atoms with van der Waals surface area (Å²) in [5.41, 5.74) is 1.35. The lowest BCUT2D eigenvalue weighted by atomic mass is 10.1. The zero-order valence-electron chi connectivity index (χ0n) is 20.2. The van der Waals surface area contributed by atoms with Crippen LogP contribution in [0.2, 0.25) is 0 Å². The monoisotopic (exact) mass is 497 g/mol. The molecular weight excluding hydrogens is 474 g/mol. The molecular formula is C27H23N5O5. The molecule has 2 bridgehead atoms. The number of pyridine rings is 1. The number of nitrogens with zero attached hydrogens (tertiary/aromatic N) is 5. The van der Waals surface area contributed by atoms with Crippen LogP contribution in [0.25, 0.3) is 10.8 Å². The van der Waals surface area contributed by atoms with Gasteiger partial charge in [0.25, 0.3) is 5.91 Å². The molecule has 0 unspecified atom stereocenters. The van der Waals surface area contributed by atoms with Crippen LogP contribution >= 0.6 is 0 Å². The number of amides is 4. The van der Waals surface area contributed by atoms with Crippen LogP contribution in [0.5, 0.6) is 11.5 Å². The van der Waals surface area contributed by atoms with E-state index in [-0.39, 0.29) is 30.0 Å². The van der Waals surface area contributed by atoms with Gasteiger partial charge in [-0.1, -0.05) is 30.3 Å². The maximum atomic E-state index is 13.7. The van der Waals surface area contributed by atoms with Crippen molar-refractivity contribution in [3.8, 4) is 17.6 Å². The zero-order valence-corrected chi connectivity index (χ0v) is 20.2. The fourth-order valence-corrected chi connectivity index (χ4v) is 5.88. The average Bonchev–Trinajstić information content (AvgIpc) is 3.59. The van der Waals surface area contributed by atoms with E-state index in [0.29, 0.717) is 40.9 Å². The van der Waals surface area contributed by atoms with E-state index in [4.69, 9.17) is 9.47 Å². The third kappa shape index (κ3) is 3.31. The van der Waals surface area contributed by atoms with Crippen molar-refractivity contribution in [1.82, 2.24) is 14.8 Å². The number of methoxy groups -OCH3 is 2. The van der Waals surface area contributed by atoms with Crippen molar-refractivity contribution >= 4 is 34.3 Å². The first-order chi connectivity index (χ1) is 18.0. The molecule has 0 N–H and O–H groups in total. The van der Waals surface area contributed by atoms with E-state index in [1.165, 1.54) is 6.20 Å². The number of hydrogen-bond donors (Lipinski definition) is 0. The molecule has 0 saturated carbocycles. The summed E-state index contributed by atoms with van der Waals surface area (Å²) >= 11 is 0. The Morgan fingerprint density at radius 1 is 1.11 bits per heavy atom. The summed E-state index contributed by atoms with van der Waals surface area (Å²) in [5, 5.41) is 10.6. The van der Waals surface area contributed by atoms with Gasteiger partial charge in [-0.05, 0) is 24.1 Å². The Balaban J connectivity index is 1.27. The lowest BCUT2D eigenvalue weighted by Crippen LogP contribution is -2.55. The third-order valence-electron chi connectivity index (χ3n) is 7.51. The quantitative estimate of drug-likeness (QED) is 0.497. The van der Waals surface area contributed by atoms with Crippen LogP contribution in [0.4, 0.5) is 10.5 Å². The SMILES string of the molecule is COc1ccc(CC(=O)N2C[C@@H]3C[C@H]2[C@@H]2C(=O)N(c4cnc(C#N)c5ccccc45)C(=O)N32)cc1OC. The summed E-state index contributed by atoms with van der Waals surface area (Å²) in [4.78, 5) is 49.2. The number of imide groups is 1. The highest BCUT2D eigenvalue weighted by atomic mass is 16.5. The fraction of sp³-hybridized carbons (Fsp3) is 0.296. The molecule has 10 nitrogen and oxygen atoms in total. The predicted molar refractivity (Wildman–Crippen MR) is 132 cm³/mol. The van der Waals surface area contributed by atoms with E-state index >= 15 is 0 Å². The van der Waals surface area contributed by atoms with Crippen LogP contribution < -0.4 is 14.4 Å². The van der Waals surface area contributed by atoms with Crippen molar-refractivity contribution in [1.29, 1.82) is 5.26 Å². The molecule has 4 heterocycles. The fourth-order valence-electron chi connectivity index (χ4n) is 5.88. The third-order valence-corrected chi connectivity index (χ3v) is 7.51. The number of anilines is 1. The Bertz CT molecular complexity index is 1510. The van der Waals surface area contributed by atoms with E-state index in [2.05, 4.69) is 11.1 Å².